The number of carbonyl (C=O) groups is 2. The van der Waals surface area contributed by atoms with E-state index >= 15 is 0 Å². The first-order valence-corrected chi connectivity index (χ1v) is 5.30. The molecule has 7 nitrogen and oxygen atoms in total. The van der Waals surface area contributed by atoms with Crippen molar-refractivity contribution in [3.8, 4) is 0 Å². The summed E-state index contributed by atoms with van der Waals surface area (Å²) in [6.07, 6.45) is 1.20. The van der Waals surface area contributed by atoms with Gasteiger partial charge in [0.2, 0.25) is 5.78 Å². The molecule has 0 unspecified atom stereocenters. The van der Waals surface area contributed by atoms with E-state index in [1.54, 1.807) is 0 Å². The number of rotatable bonds is 1. The lowest BCUT2D eigenvalue weighted by Gasteiger charge is -2.22. The Labute approximate surface area is 108 Å². The molecule has 0 spiro atoms. The highest BCUT2D eigenvalue weighted by atomic mass is 16.1. The third-order valence-corrected chi connectivity index (χ3v) is 3.10. The molecule has 0 heterocycles. The van der Waals surface area contributed by atoms with Crippen LogP contribution < -0.4 is 28.7 Å². The molecule has 0 atom stereocenters. The minimum atomic E-state index is -0.611. The zero-order valence-corrected chi connectivity index (χ0v) is 9.99. The van der Waals surface area contributed by atoms with Gasteiger partial charge >= 0.3 is 0 Å². The van der Waals surface area contributed by atoms with E-state index in [1.807, 2.05) is 0 Å². The molecule has 0 aliphatic heterocycles. The second-order valence-electron chi connectivity index (χ2n) is 4.09. The van der Waals surface area contributed by atoms with Crippen LogP contribution in [0.15, 0.2) is 23.9 Å². The zero-order chi connectivity index (χ0) is 14.5. The molecule has 0 saturated carbocycles. The Balaban J connectivity index is 2.96. The molecule has 0 saturated heterocycles. The molecule has 10 N–H and O–H groups in total. The topological polar surface area (TPSA) is 164 Å². The van der Waals surface area contributed by atoms with E-state index in [-0.39, 0.29) is 45.1 Å². The molecule has 0 bridgehead atoms. The van der Waals surface area contributed by atoms with Gasteiger partial charge in [-0.2, -0.15) is 0 Å². The summed E-state index contributed by atoms with van der Waals surface area (Å²) >= 11 is 0. The monoisotopic (exact) mass is 259 g/mol. The normalized spacial score (nSPS) is 14.5. The molecule has 1 aromatic carbocycles. The van der Waals surface area contributed by atoms with Crippen molar-refractivity contribution < 1.29 is 9.59 Å². The van der Waals surface area contributed by atoms with Crippen molar-refractivity contribution >= 4 is 34.3 Å². The molecular weight excluding hydrogens is 246 g/mol. The van der Waals surface area contributed by atoms with E-state index in [9.17, 15) is 9.59 Å². The van der Waals surface area contributed by atoms with E-state index in [0.29, 0.717) is 0 Å². The zero-order valence-electron chi connectivity index (χ0n) is 9.99. The second-order valence-corrected chi connectivity index (χ2v) is 4.09. The smallest absolute Gasteiger partial charge is 0.212 e. The number of hydrogen-bond acceptors (Lipinski definition) is 7. The van der Waals surface area contributed by atoms with E-state index in [1.165, 1.54) is 6.08 Å². The van der Waals surface area contributed by atoms with Crippen molar-refractivity contribution in [2.75, 3.05) is 22.9 Å². The Morgan fingerprint density at radius 2 is 1.16 bits per heavy atom. The third-order valence-electron chi connectivity index (χ3n) is 3.10. The van der Waals surface area contributed by atoms with Crippen molar-refractivity contribution in [2.45, 2.75) is 0 Å². The van der Waals surface area contributed by atoms with Gasteiger partial charge in [-0.15, -0.1) is 0 Å². The fourth-order valence-corrected chi connectivity index (χ4v) is 2.02. The lowest BCUT2D eigenvalue weighted by Crippen LogP contribution is -2.29. The molecule has 19 heavy (non-hydrogen) atoms. The molecule has 1 aliphatic rings. The van der Waals surface area contributed by atoms with Gasteiger partial charge in [0.05, 0.1) is 39.6 Å². The Hall–Kier alpha value is -2.96. The summed E-state index contributed by atoms with van der Waals surface area (Å²) in [5.41, 5.74) is 27.8. The van der Waals surface area contributed by atoms with Crippen LogP contribution in [0, 0.1) is 0 Å². The van der Waals surface area contributed by atoms with Gasteiger partial charge in [0, 0.05) is 5.57 Å². The summed E-state index contributed by atoms with van der Waals surface area (Å²) < 4.78 is 0. The standard InChI is InChI=1S/C12H13N5O2/c1-2-3-6(13)12(19)5-4(11(3)18)7(14)9(16)10(17)8(5)15/h2H,1,13-17H2. The lowest BCUT2D eigenvalue weighted by atomic mass is 9.84. The first kappa shape index (κ1) is 12.5. The number of carbonyl (C=O) groups excluding carboxylic acids is 2. The summed E-state index contributed by atoms with van der Waals surface area (Å²) in [4.78, 5) is 24.4. The Kier molecular flexibility index (Phi) is 2.48. The van der Waals surface area contributed by atoms with E-state index in [4.69, 9.17) is 28.7 Å². The molecule has 98 valence electrons. The van der Waals surface area contributed by atoms with Crippen molar-refractivity contribution in [3.05, 3.63) is 35.1 Å². The molecule has 7 heteroatoms. The average molecular weight is 259 g/mol. The van der Waals surface area contributed by atoms with E-state index in [2.05, 4.69) is 6.58 Å². The van der Waals surface area contributed by atoms with Crippen LogP contribution in [0.1, 0.15) is 20.7 Å². The minimum absolute atomic E-state index is 0.0206. The van der Waals surface area contributed by atoms with Crippen LogP contribution in [0.3, 0.4) is 0 Å². The highest BCUT2D eigenvalue weighted by Crippen LogP contribution is 2.40. The number of anilines is 4. The molecule has 0 aromatic heterocycles. The number of Topliss-reactive ketones (excluding diaryl/α,β-unsaturated/α-hetero) is 2. The SMILES string of the molecule is C=CC1=C(N)C(=O)c2c(N)c(N)c(N)c(N)c2C1=O. The number of hydrogen-bond donors (Lipinski definition) is 5. The van der Waals surface area contributed by atoms with E-state index < -0.39 is 11.6 Å². The molecule has 0 radical (unpaired) electrons. The molecule has 1 aromatic rings. The van der Waals surface area contributed by atoms with Crippen molar-refractivity contribution in [1.29, 1.82) is 0 Å². The van der Waals surface area contributed by atoms with Crippen LogP contribution in [-0.2, 0) is 0 Å². The fourth-order valence-electron chi connectivity index (χ4n) is 2.02. The first-order chi connectivity index (χ1) is 8.82. The highest BCUT2D eigenvalue weighted by molar-refractivity contribution is 6.32. The minimum Gasteiger partial charge on any atom is -0.396 e. The Morgan fingerprint density at radius 1 is 0.737 bits per heavy atom. The number of allylic oxidation sites excluding steroid dienone is 3. The number of benzene rings is 1. The van der Waals surface area contributed by atoms with Crippen LogP contribution in [0.25, 0.3) is 0 Å². The van der Waals surface area contributed by atoms with Gasteiger partial charge in [0.15, 0.2) is 5.78 Å². The molecule has 2 rings (SSSR count). The summed E-state index contributed by atoms with van der Waals surface area (Å²) in [6.45, 7) is 3.45. The molecule has 1 aliphatic carbocycles. The van der Waals surface area contributed by atoms with Crippen molar-refractivity contribution in [1.82, 2.24) is 0 Å². The number of fused-ring (bicyclic) bond motifs is 1. The summed E-state index contributed by atoms with van der Waals surface area (Å²) in [5.74, 6) is -1.15. The van der Waals surface area contributed by atoms with Gasteiger partial charge in [-0.3, -0.25) is 9.59 Å². The van der Waals surface area contributed by atoms with Crippen LogP contribution >= 0.6 is 0 Å². The van der Waals surface area contributed by atoms with Crippen LogP contribution in [0.4, 0.5) is 22.7 Å². The maximum Gasteiger partial charge on any atom is 0.212 e. The van der Waals surface area contributed by atoms with Gasteiger partial charge in [0.1, 0.15) is 0 Å². The first-order valence-electron chi connectivity index (χ1n) is 5.30. The van der Waals surface area contributed by atoms with Crippen molar-refractivity contribution in [3.63, 3.8) is 0 Å². The van der Waals surface area contributed by atoms with Gasteiger partial charge in [-0.05, 0) is 0 Å². The number of ketones is 2. The number of nitrogens with two attached hydrogens (primary N) is 5. The van der Waals surface area contributed by atoms with Gasteiger partial charge in [0.25, 0.3) is 0 Å². The van der Waals surface area contributed by atoms with Gasteiger partial charge in [-0.25, -0.2) is 0 Å². The Morgan fingerprint density at radius 3 is 1.58 bits per heavy atom. The summed E-state index contributed by atoms with van der Waals surface area (Å²) in [6, 6.07) is 0. The largest absolute Gasteiger partial charge is 0.396 e. The fraction of sp³-hybridized carbons (Fsp3) is 0. The van der Waals surface area contributed by atoms with Crippen molar-refractivity contribution in [2.24, 2.45) is 5.73 Å². The van der Waals surface area contributed by atoms with E-state index in [0.717, 1.165) is 0 Å². The predicted molar refractivity (Wildman–Crippen MR) is 74.2 cm³/mol. The molecule has 0 fully saturated rings. The Bertz CT molecular complexity index is 688. The lowest BCUT2D eigenvalue weighted by molar-refractivity contribution is 0.0978. The maximum absolute atomic E-state index is 12.2. The van der Waals surface area contributed by atoms with Crippen LogP contribution in [0.2, 0.25) is 0 Å². The third kappa shape index (κ3) is 1.38. The second kappa shape index (κ2) is 3.77. The van der Waals surface area contributed by atoms with Crippen LogP contribution in [-0.4, -0.2) is 11.6 Å². The molecule has 0 amide bonds. The number of nitrogen functional groups attached to an aromatic ring is 4. The summed E-state index contributed by atoms with van der Waals surface area (Å²) in [7, 11) is 0. The van der Waals surface area contributed by atoms with Crippen LogP contribution in [0.5, 0.6) is 0 Å². The maximum atomic E-state index is 12.2. The quantitative estimate of drug-likeness (QED) is 0.435. The highest BCUT2D eigenvalue weighted by Gasteiger charge is 2.35. The van der Waals surface area contributed by atoms with Gasteiger partial charge in [-0.1, -0.05) is 12.7 Å². The predicted octanol–water partition coefficient (Wildman–Crippen LogP) is -0.207. The summed E-state index contributed by atoms with van der Waals surface area (Å²) in [5, 5.41) is 0. The molecular formula is C12H13N5O2. The average Bonchev–Trinajstić information content (AvgIpc) is 2.38. The van der Waals surface area contributed by atoms with Gasteiger partial charge < -0.3 is 28.7 Å².